The van der Waals surface area contributed by atoms with Crippen molar-refractivity contribution in [2.75, 3.05) is 6.61 Å². The normalized spacial score (nSPS) is 9.40. The van der Waals surface area contributed by atoms with Crippen LogP contribution in [0.2, 0.25) is 0 Å². The lowest BCUT2D eigenvalue weighted by molar-refractivity contribution is -0.143. The number of rotatable bonds is 5. The molecule has 0 aliphatic rings. The summed E-state index contributed by atoms with van der Waals surface area (Å²) in [5, 5.41) is 0. The fraction of sp³-hybridized carbons (Fsp3) is 0.875. The van der Waals surface area contributed by atoms with Gasteiger partial charge in [-0.25, -0.2) is 0 Å². The highest BCUT2D eigenvalue weighted by molar-refractivity contribution is 5.69. The molecule has 0 aromatic heterocycles. The molecule has 0 spiro atoms. The van der Waals surface area contributed by atoms with E-state index in [2.05, 4.69) is 6.92 Å². The molecule has 0 atom stereocenters. The van der Waals surface area contributed by atoms with Crippen LogP contribution in [0.4, 0.5) is 0 Å². The average molecular weight is 144 g/mol. The molecule has 0 amide bonds. The molecule has 0 aromatic carbocycles. The standard InChI is InChI=1S/C8H16O2/c1-3-5-6-8(9)10-7-4-2/h3-7H2,1-2H3. The molecule has 0 saturated heterocycles. The number of esters is 1. The van der Waals surface area contributed by atoms with Gasteiger partial charge in [0.25, 0.3) is 0 Å². The third-order valence-corrected chi connectivity index (χ3v) is 1.20. The van der Waals surface area contributed by atoms with Crippen LogP contribution in [0.25, 0.3) is 0 Å². The molecule has 0 unspecified atom stereocenters. The highest BCUT2D eigenvalue weighted by Crippen LogP contribution is 1.96. The van der Waals surface area contributed by atoms with Crippen LogP contribution >= 0.6 is 0 Å². The van der Waals surface area contributed by atoms with Gasteiger partial charge in [-0.3, -0.25) is 4.79 Å². The number of ether oxygens (including phenoxy) is 1. The van der Waals surface area contributed by atoms with E-state index in [9.17, 15) is 4.79 Å². The SMILES string of the molecule is CCCCC(=O)OCCC. The maximum absolute atomic E-state index is 10.7. The van der Waals surface area contributed by atoms with Crippen LogP contribution < -0.4 is 0 Å². The Morgan fingerprint density at radius 2 is 2.00 bits per heavy atom. The molecule has 0 bridgehead atoms. The Hall–Kier alpha value is -0.530. The van der Waals surface area contributed by atoms with Crippen LogP contribution in [0.15, 0.2) is 0 Å². The summed E-state index contributed by atoms with van der Waals surface area (Å²) in [6.45, 7) is 4.63. The number of carbonyl (C=O) groups is 1. The van der Waals surface area contributed by atoms with Gasteiger partial charge in [-0.05, 0) is 12.8 Å². The molecular weight excluding hydrogens is 128 g/mol. The summed E-state index contributed by atoms with van der Waals surface area (Å²) in [4.78, 5) is 10.7. The first-order valence-corrected chi connectivity index (χ1v) is 3.96. The molecule has 10 heavy (non-hydrogen) atoms. The van der Waals surface area contributed by atoms with Gasteiger partial charge in [0, 0.05) is 6.42 Å². The Labute approximate surface area is 62.6 Å². The van der Waals surface area contributed by atoms with Gasteiger partial charge in [-0.15, -0.1) is 0 Å². The average Bonchev–Trinajstić information content (AvgIpc) is 1.97. The summed E-state index contributed by atoms with van der Waals surface area (Å²) in [7, 11) is 0. The zero-order valence-electron chi connectivity index (χ0n) is 6.85. The van der Waals surface area contributed by atoms with Crippen molar-refractivity contribution in [3.05, 3.63) is 0 Å². The largest absolute Gasteiger partial charge is 0.466 e. The Balaban J connectivity index is 3.09. The van der Waals surface area contributed by atoms with Crippen molar-refractivity contribution in [2.24, 2.45) is 0 Å². The predicted octanol–water partition coefficient (Wildman–Crippen LogP) is 2.13. The zero-order chi connectivity index (χ0) is 7.82. The minimum atomic E-state index is -0.0521. The topological polar surface area (TPSA) is 26.3 Å². The van der Waals surface area contributed by atoms with Crippen LogP contribution in [0.1, 0.15) is 39.5 Å². The molecule has 0 aromatic rings. The molecule has 0 aliphatic carbocycles. The molecular formula is C8H16O2. The van der Waals surface area contributed by atoms with Crippen molar-refractivity contribution in [1.82, 2.24) is 0 Å². The van der Waals surface area contributed by atoms with Crippen molar-refractivity contribution >= 4 is 5.97 Å². The quantitative estimate of drug-likeness (QED) is 0.552. The first-order chi connectivity index (χ1) is 4.81. The second kappa shape index (κ2) is 6.59. The third kappa shape index (κ3) is 5.60. The second-order valence-electron chi connectivity index (χ2n) is 2.32. The lowest BCUT2D eigenvalue weighted by Gasteiger charge is -2.00. The van der Waals surface area contributed by atoms with Crippen molar-refractivity contribution < 1.29 is 9.53 Å². The van der Waals surface area contributed by atoms with Crippen LogP contribution in [0, 0.1) is 0 Å². The molecule has 0 aliphatic heterocycles. The van der Waals surface area contributed by atoms with Gasteiger partial charge in [0.15, 0.2) is 0 Å². The minimum Gasteiger partial charge on any atom is -0.466 e. The summed E-state index contributed by atoms with van der Waals surface area (Å²) in [6, 6.07) is 0. The van der Waals surface area contributed by atoms with Crippen molar-refractivity contribution in [2.45, 2.75) is 39.5 Å². The van der Waals surface area contributed by atoms with Gasteiger partial charge in [-0.1, -0.05) is 20.3 Å². The summed E-state index contributed by atoms with van der Waals surface area (Å²) in [5.41, 5.74) is 0. The van der Waals surface area contributed by atoms with Gasteiger partial charge in [0.2, 0.25) is 0 Å². The summed E-state index contributed by atoms with van der Waals surface area (Å²) >= 11 is 0. The molecule has 0 saturated carbocycles. The van der Waals surface area contributed by atoms with E-state index in [0.29, 0.717) is 13.0 Å². The molecule has 0 radical (unpaired) electrons. The Kier molecular flexibility index (Phi) is 6.24. The monoisotopic (exact) mass is 144 g/mol. The predicted molar refractivity (Wildman–Crippen MR) is 40.8 cm³/mol. The van der Waals surface area contributed by atoms with Crippen LogP contribution in [-0.2, 0) is 9.53 Å². The first-order valence-electron chi connectivity index (χ1n) is 3.96. The lowest BCUT2D eigenvalue weighted by Crippen LogP contribution is -2.04. The molecule has 2 heteroatoms. The summed E-state index contributed by atoms with van der Waals surface area (Å²) < 4.78 is 4.85. The fourth-order valence-electron chi connectivity index (χ4n) is 0.609. The first kappa shape index (κ1) is 9.47. The van der Waals surface area contributed by atoms with E-state index in [-0.39, 0.29) is 5.97 Å². The number of unbranched alkanes of at least 4 members (excludes halogenated alkanes) is 1. The van der Waals surface area contributed by atoms with Crippen molar-refractivity contribution in [1.29, 1.82) is 0 Å². The molecule has 60 valence electrons. The Morgan fingerprint density at radius 1 is 1.30 bits per heavy atom. The highest BCUT2D eigenvalue weighted by atomic mass is 16.5. The van der Waals surface area contributed by atoms with Crippen LogP contribution in [-0.4, -0.2) is 12.6 Å². The van der Waals surface area contributed by atoms with Crippen molar-refractivity contribution in [3.63, 3.8) is 0 Å². The maximum atomic E-state index is 10.7. The van der Waals surface area contributed by atoms with E-state index in [1.165, 1.54) is 0 Å². The zero-order valence-corrected chi connectivity index (χ0v) is 6.85. The number of hydrogen-bond acceptors (Lipinski definition) is 2. The summed E-state index contributed by atoms with van der Waals surface area (Å²) in [5.74, 6) is -0.0521. The lowest BCUT2D eigenvalue weighted by atomic mass is 10.2. The Bertz CT molecular complexity index is 79.3. The summed E-state index contributed by atoms with van der Waals surface area (Å²) in [6.07, 6.45) is 3.50. The van der Waals surface area contributed by atoms with Gasteiger partial charge in [0.05, 0.1) is 6.61 Å². The molecule has 2 nitrogen and oxygen atoms in total. The van der Waals surface area contributed by atoms with E-state index in [1.807, 2.05) is 6.92 Å². The van der Waals surface area contributed by atoms with E-state index in [1.54, 1.807) is 0 Å². The molecule has 0 fully saturated rings. The van der Waals surface area contributed by atoms with Gasteiger partial charge in [0.1, 0.15) is 0 Å². The van der Waals surface area contributed by atoms with E-state index < -0.39 is 0 Å². The van der Waals surface area contributed by atoms with Gasteiger partial charge in [-0.2, -0.15) is 0 Å². The highest BCUT2D eigenvalue weighted by Gasteiger charge is 1.98. The van der Waals surface area contributed by atoms with E-state index >= 15 is 0 Å². The van der Waals surface area contributed by atoms with Crippen LogP contribution in [0.3, 0.4) is 0 Å². The van der Waals surface area contributed by atoms with E-state index in [4.69, 9.17) is 4.74 Å². The Morgan fingerprint density at radius 3 is 2.50 bits per heavy atom. The van der Waals surface area contributed by atoms with Crippen molar-refractivity contribution in [3.8, 4) is 0 Å². The van der Waals surface area contributed by atoms with Crippen LogP contribution in [0.5, 0.6) is 0 Å². The number of carbonyl (C=O) groups excluding carboxylic acids is 1. The van der Waals surface area contributed by atoms with Gasteiger partial charge >= 0.3 is 5.97 Å². The maximum Gasteiger partial charge on any atom is 0.305 e. The minimum absolute atomic E-state index is 0.0521. The molecule has 0 N–H and O–H groups in total. The fourth-order valence-corrected chi connectivity index (χ4v) is 0.609. The van der Waals surface area contributed by atoms with Gasteiger partial charge < -0.3 is 4.74 Å². The number of hydrogen-bond donors (Lipinski definition) is 0. The molecule has 0 heterocycles. The smallest absolute Gasteiger partial charge is 0.305 e. The third-order valence-electron chi connectivity index (χ3n) is 1.20. The molecule has 0 rings (SSSR count). The second-order valence-corrected chi connectivity index (χ2v) is 2.32. The van der Waals surface area contributed by atoms with E-state index in [0.717, 1.165) is 19.3 Å².